The molecule has 0 bridgehead atoms. The van der Waals surface area contributed by atoms with Crippen molar-refractivity contribution in [1.29, 1.82) is 0 Å². The van der Waals surface area contributed by atoms with Crippen molar-refractivity contribution in [3.63, 3.8) is 0 Å². The summed E-state index contributed by atoms with van der Waals surface area (Å²) in [4.78, 5) is 79.7. The van der Waals surface area contributed by atoms with Crippen LogP contribution >= 0.6 is 12.4 Å². The molecule has 50 heavy (non-hydrogen) atoms. The van der Waals surface area contributed by atoms with E-state index in [2.05, 4.69) is 32.2 Å². The van der Waals surface area contributed by atoms with E-state index in [1.807, 2.05) is 11.0 Å². The first kappa shape index (κ1) is 36.5. The molecule has 0 radical (unpaired) electrons. The smallest absolute Gasteiger partial charge is 0.353 e. The van der Waals surface area contributed by atoms with Gasteiger partial charge in [-0.1, -0.05) is 30.3 Å². The number of aromatic carboxylic acids is 1. The number of anilines is 2. The van der Waals surface area contributed by atoms with Gasteiger partial charge in [-0.25, -0.2) is 14.6 Å². The second-order valence-electron chi connectivity index (χ2n) is 10.9. The Morgan fingerprint density at radius 1 is 1.02 bits per heavy atom. The van der Waals surface area contributed by atoms with Gasteiger partial charge in [-0.15, -0.1) is 12.4 Å². The first-order chi connectivity index (χ1) is 23.3. The number of carbonyl (C=O) groups is 4. The number of carboxylic acid groups (broad SMARTS) is 1. The second-order valence-corrected chi connectivity index (χ2v) is 10.9. The van der Waals surface area contributed by atoms with Crippen molar-refractivity contribution in [2.45, 2.75) is 25.6 Å². The molecule has 0 aliphatic carbocycles. The minimum absolute atomic E-state index is 0. The molecule has 6 rings (SSSR count). The Morgan fingerprint density at radius 3 is 2.32 bits per heavy atom. The van der Waals surface area contributed by atoms with E-state index in [1.165, 1.54) is 36.9 Å². The minimum Gasteiger partial charge on any atom is -0.492 e. The van der Waals surface area contributed by atoms with Crippen LogP contribution in [0.25, 0.3) is 5.78 Å². The number of methoxy groups -OCH3 is 1. The van der Waals surface area contributed by atoms with E-state index in [0.717, 1.165) is 34.2 Å². The molecule has 2 amide bonds. The molecule has 1 aliphatic heterocycles. The lowest BCUT2D eigenvalue weighted by Crippen LogP contribution is -2.44. The van der Waals surface area contributed by atoms with Gasteiger partial charge in [0.25, 0.3) is 16.8 Å². The number of hydrogen-bond acceptors (Lipinski definition) is 13. The number of esters is 1. The number of primary amides is 1. The molecule has 260 valence electrons. The lowest BCUT2D eigenvalue weighted by Gasteiger charge is -2.31. The predicted octanol–water partition coefficient (Wildman–Crippen LogP) is 0.184. The van der Waals surface area contributed by atoms with Gasteiger partial charge in [-0.2, -0.15) is 4.98 Å². The topological polar surface area (TPSA) is 276 Å². The number of hydrogen-bond donors (Lipinski definition) is 6. The van der Waals surface area contributed by atoms with Crippen molar-refractivity contribution < 1.29 is 34.1 Å². The van der Waals surface area contributed by atoms with Gasteiger partial charge in [0, 0.05) is 25.7 Å². The number of imidazole rings is 1. The van der Waals surface area contributed by atoms with Crippen molar-refractivity contribution in [2.24, 2.45) is 11.5 Å². The third-order valence-corrected chi connectivity index (χ3v) is 7.86. The Kier molecular flexibility index (Phi) is 10.8. The summed E-state index contributed by atoms with van der Waals surface area (Å²) in [6.45, 7) is 1.82. The number of amides is 2. The average Bonchev–Trinajstić information content (AvgIpc) is 3.49. The summed E-state index contributed by atoms with van der Waals surface area (Å²) in [5.74, 6) is -4.48. The molecule has 0 spiro atoms. The molecule has 0 saturated carbocycles. The standard InChI is InChI=1S/C18H15N5O7.C14H15N3O2.ClH/c1-30-17(29)9-4-2-8(3-5-9)13(14(19)25)22-15(26)10-6-11(16(27)28)23-7-12(24)21-18(23)20-10;15-6-8-1-2-9-3-4-17(7-10(9)5-8)12-11(16)13(18)14(12)19;/h2-7,13,24H,1H3,(H2,19,25)(H,22,26)(H,27,28);1-2,5H,3-4,6-7,15-16H2;1H/t13-;;/m1../s1. The van der Waals surface area contributed by atoms with Crippen molar-refractivity contribution in [1.82, 2.24) is 19.7 Å². The van der Waals surface area contributed by atoms with Crippen LogP contribution < -0.4 is 38.3 Å². The summed E-state index contributed by atoms with van der Waals surface area (Å²) in [7, 11) is 1.22. The lowest BCUT2D eigenvalue weighted by atomic mass is 9.96. The number of halogens is 1. The highest BCUT2D eigenvalue weighted by molar-refractivity contribution is 5.98. The Balaban J connectivity index is 0.000000241. The molecule has 3 aromatic carbocycles. The number of benzene rings is 2. The number of rotatable bonds is 8. The maximum Gasteiger partial charge on any atom is 0.353 e. The van der Waals surface area contributed by atoms with Gasteiger partial charge in [0.15, 0.2) is 0 Å². The number of fused-ring (bicyclic) bond motifs is 2. The van der Waals surface area contributed by atoms with Crippen LogP contribution in [0.5, 0.6) is 5.88 Å². The summed E-state index contributed by atoms with van der Waals surface area (Å²) in [5, 5.41) is 21.2. The van der Waals surface area contributed by atoms with Gasteiger partial charge in [0.2, 0.25) is 17.6 Å². The largest absolute Gasteiger partial charge is 0.492 e. The van der Waals surface area contributed by atoms with E-state index < -0.39 is 46.5 Å². The number of nitrogens with zero attached hydrogens (tertiary/aromatic N) is 4. The van der Waals surface area contributed by atoms with Crippen LogP contribution in [-0.4, -0.2) is 62.0 Å². The van der Waals surface area contributed by atoms with Gasteiger partial charge in [-0.3, -0.25) is 23.6 Å². The number of aromatic hydroxyl groups is 1. The van der Waals surface area contributed by atoms with Crippen LogP contribution in [0.15, 0.2) is 64.3 Å². The zero-order chi connectivity index (χ0) is 35.6. The predicted molar refractivity (Wildman–Crippen MR) is 181 cm³/mol. The summed E-state index contributed by atoms with van der Waals surface area (Å²) >= 11 is 0. The van der Waals surface area contributed by atoms with E-state index in [-0.39, 0.29) is 46.4 Å². The molecule has 1 aliphatic rings. The van der Waals surface area contributed by atoms with E-state index in [0.29, 0.717) is 25.3 Å². The molecule has 0 saturated heterocycles. The van der Waals surface area contributed by atoms with Gasteiger partial charge in [-0.05, 0) is 40.8 Å². The minimum atomic E-state index is -1.39. The number of nitrogens with one attached hydrogen (secondary N) is 1. The second kappa shape index (κ2) is 14.8. The van der Waals surface area contributed by atoms with E-state index in [4.69, 9.17) is 17.2 Å². The summed E-state index contributed by atoms with van der Waals surface area (Å²) < 4.78 is 5.58. The zero-order valence-corrected chi connectivity index (χ0v) is 27.1. The normalized spacial score (nSPS) is 12.6. The molecule has 0 fully saturated rings. The monoisotopic (exact) mass is 706 g/mol. The molecular weight excluding hydrogens is 676 g/mol. The third kappa shape index (κ3) is 7.23. The first-order valence-corrected chi connectivity index (χ1v) is 14.6. The van der Waals surface area contributed by atoms with Crippen molar-refractivity contribution in [3.8, 4) is 5.88 Å². The number of nitrogen functional groups attached to an aromatic ring is 1. The number of ether oxygens (including phenoxy) is 1. The lowest BCUT2D eigenvalue weighted by molar-refractivity contribution is -0.120. The molecule has 0 unspecified atom stereocenters. The fourth-order valence-electron chi connectivity index (χ4n) is 5.33. The molecule has 2 aromatic heterocycles. The first-order valence-electron chi connectivity index (χ1n) is 14.6. The number of carboxylic acids is 1. The van der Waals surface area contributed by atoms with Gasteiger partial charge < -0.3 is 42.4 Å². The Labute approximate surface area is 288 Å². The average molecular weight is 707 g/mol. The van der Waals surface area contributed by atoms with Crippen LogP contribution in [0.3, 0.4) is 0 Å². The SMILES string of the molecule is COC(=O)c1ccc([C@@H](NC(=O)c2cc(C(=O)O)n3cc(O)nc3n2)C(N)=O)cc1.Cl.NCc1ccc2c(c1)CN(c1c(N)c(=O)c1=O)CC2. The molecule has 17 nitrogen and oxygen atoms in total. The Bertz CT molecular complexity index is 2190. The zero-order valence-electron chi connectivity index (χ0n) is 26.3. The quantitative estimate of drug-likeness (QED) is 0.0928. The van der Waals surface area contributed by atoms with Crippen molar-refractivity contribution in [3.05, 3.63) is 114 Å². The maximum absolute atomic E-state index is 12.6. The summed E-state index contributed by atoms with van der Waals surface area (Å²) in [5.41, 5.74) is 19.4. The van der Waals surface area contributed by atoms with Gasteiger partial charge >= 0.3 is 11.9 Å². The van der Waals surface area contributed by atoms with Crippen LogP contribution in [0, 0.1) is 0 Å². The van der Waals surface area contributed by atoms with Gasteiger partial charge in [0.1, 0.15) is 28.8 Å². The highest BCUT2D eigenvalue weighted by Crippen LogP contribution is 2.26. The van der Waals surface area contributed by atoms with Crippen molar-refractivity contribution >= 4 is 53.3 Å². The Hall–Kier alpha value is -6.33. The molecule has 18 heteroatoms. The number of carbonyl (C=O) groups excluding carboxylic acids is 3. The fraction of sp³-hybridized carbons (Fsp3) is 0.188. The molecular formula is C32H31ClN8O9. The highest BCUT2D eigenvalue weighted by Gasteiger charge is 2.27. The fourth-order valence-corrected chi connectivity index (χ4v) is 5.33. The molecule has 9 N–H and O–H groups in total. The van der Waals surface area contributed by atoms with Crippen LogP contribution in [-0.2, 0) is 29.0 Å². The van der Waals surface area contributed by atoms with Gasteiger partial charge in [0.05, 0.1) is 18.9 Å². The molecule has 5 aromatic rings. The maximum atomic E-state index is 12.6. The highest BCUT2D eigenvalue weighted by atomic mass is 35.5. The number of nitrogens with two attached hydrogens (primary N) is 3. The van der Waals surface area contributed by atoms with Crippen LogP contribution in [0.1, 0.15) is 59.6 Å². The third-order valence-electron chi connectivity index (χ3n) is 7.86. The van der Waals surface area contributed by atoms with E-state index in [1.54, 1.807) is 0 Å². The number of aromatic nitrogens is 3. The molecule has 1 atom stereocenters. The van der Waals surface area contributed by atoms with Crippen molar-refractivity contribution in [2.75, 3.05) is 24.3 Å². The van der Waals surface area contributed by atoms with Crippen LogP contribution in [0.2, 0.25) is 0 Å². The Morgan fingerprint density at radius 2 is 1.72 bits per heavy atom. The van der Waals surface area contributed by atoms with E-state index in [9.17, 15) is 39.0 Å². The summed E-state index contributed by atoms with van der Waals surface area (Å²) in [6, 6.07) is 11.5. The van der Waals surface area contributed by atoms with Crippen LogP contribution in [0.4, 0.5) is 11.4 Å². The summed E-state index contributed by atoms with van der Waals surface area (Å²) in [6.07, 6.45) is 1.88. The van der Waals surface area contributed by atoms with E-state index >= 15 is 0 Å². The molecule has 3 heterocycles.